The van der Waals surface area contributed by atoms with Crippen LogP contribution in [-0.4, -0.2) is 35.0 Å². The molecule has 2 atom stereocenters. The fourth-order valence-electron chi connectivity index (χ4n) is 2.30. The summed E-state index contributed by atoms with van der Waals surface area (Å²) < 4.78 is 0. The number of amides is 4. The molecule has 0 radical (unpaired) electrons. The van der Waals surface area contributed by atoms with Gasteiger partial charge in [-0.25, -0.2) is 9.59 Å². The predicted octanol–water partition coefficient (Wildman–Crippen LogP) is 0.334. The summed E-state index contributed by atoms with van der Waals surface area (Å²) in [5, 5.41) is 16.0. The molecule has 1 heterocycles. The van der Waals surface area contributed by atoms with E-state index in [9.17, 15) is 19.2 Å². The van der Waals surface area contributed by atoms with Gasteiger partial charge in [0.1, 0.15) is 11.6 Å². The van der Waals surface area contributed by atoms with Crippen molar-refractivity contribution in [1.82, 2.24) is 16.0 Å². The second kappa shape index (κ2) is 6.07. The van der Waals surface area contributed by atoms with E-state index in [-0.39, 0.29) is 12.0 Å². The van der Waals surface area contributed by atoms with Crippen molar-refractivity contribution in [1.29, 1.82) is 0 Å². The molecular weight excluding hydrogens is 302 g/mol. The van der Waals surface area contributed by atoms with Crippen LogP contribution in [-0.2, 0) is 15.1 Å². The highest BCUT2D eigenvalue weighted by atomic mass is 16.4. The van der Waals surface area contributed by atoms with Gasteiger partial charge in [0, 0.05) is 5.56 Å². The Morgan fingerprint density at radius 3 is 2.57 bits per heavy atom. The number of hydrogen-bond acceptors (Lipinski definition) is 4. The number of hydrogen-bond donors (Lipinski definition) is 4. The number of imide groups is 1. The average Bonchev–Trinajstić information content (AvgIpc) is 2.78. The molecule has 8 heteroatoms. The lowest BCUT2D eigenvalue weighted by atomic mass is 9.91. The van der Waals surface area contributed by atoms with Gasteiger partial charge in [0.15, 0.2) is 0 Å². The summed E-state index contributed by atoms with van der Waals surface area (Å²) in [5.74, 6) is -2.20. The highest BCUT2D eigenvalue weighted by Crippen LogP contribution is 2.25. The van der Waals surface area contributed by atoms with Gasteiger partial charge in [0.05, 0.1) is 0 Å². The van der Waals surface area contributed by atoms with Gasteiger partial charge in [0.2, 0.25) is 0 Å². The third-order valence-corrected chi connectivity index (χ3v) is 3.76. The first-order valence-corrected chi connectivity index (χ1v) is 7.05. The predicted molar refractivity (Wildman–Crippen MR) is 79.6 cm³/mol. The summed E-state index contributed by atoms with van der Waals surface area (Å²) in [5.41, 5.74) is -0.640. The molecule has 122 valence electrons. The van der Waals surface area contributed by atoms with E-state index < -0.39 is 35.4 Å². The third kappa shape index (κ3) is 3.15. The molecule has 0 bridgehead atoms. The van der Waals surface area contributed by atoms with E-state index in [1.54, 1.807) is 19.1 Å². The molecule has 23 heavy (non-hydrogen) atoms. The number of urea groups is 1. The number of carbonyl (C=O) groups excluding carboxylic acids is 3. The first kappa shape index (κ1) is 16.5. The summed E-state index contributed by atoms with van der Waals surface area (Å²) in [6, 6.07) is 4.53. The number of aliphatic carboxylic acids is 1. The molecule has 0 aromatic heterocycles. The van der Waals surface area contributed by atoms with Crippen LogP contribution in [0.15, 0.2) is 24.3 Å². The summed E-state index contributed by atoms with van der Waals surface area (Å²) in [6.07, 6.45) is 0.247. The van der Waals surface area contributed by atoms with Crippen molar-refractivity contribution < 1.29 is 24.3 Å². The number of nitrogens with one attached hydrogen (secondary N) is 3. The van der Waals surface area contributed by atoms with Crippen LogP contribution in [0.25, 0.3) is 0 Å². The van der Waals surface area contributed by atoms with Crippen LogP contribution in [0.1, 0.15) is 36.2 Å². The molecule has 8 nitrogen and oxygen atoms in total. The summed E-state index contributed by atoms with van der Waals surface area (Å²) in [6.45, 7) is 3.17. The Balaban J connectivity index is 2.27. The largest absolute Gasteiger partial charge is 0.480 e. The lowest BCUT2D eigenvalue weighted by Crippen LogP contribution is -2.42. The molecule has 2 unspecified atom stereocenters. The molecule has 1 aromatic carbocycles. The first-order chi connectivity index (χ1) is 10.8. The van der Waals surface area contributed by atoms with Crippen LogP contribution in [0.5, 0.6) is 0 Å². The number of rotatable bonds is 5. The molecule has 1 saturated heterocycles. The zero-order valence-corrected chi connectivity index (χ0v) is 12.7. The van der Waals surface area contributed by atoms with Crippen molar-refractivity contribution in [3.8, 4) is 0 Å². The van der Waals surface area contributed by atoms with Crippen LogP contribution >= 0.6 is 0 Å². The number of benzene rings is 1. The molecule has 0 aliphatic carbocycles. The van der Waals surface area contributed by atoms with Gasteiger partial charge >= 0.3 is 12.0 Å². The van der Waals surface area contributed by atoms with Gasteiger partial charge in [-0.2, -0.15) is 0 Å². The Morgan fingerprint density at radius 1 is 1.35 bits per heavy atom. The maximum atomic E-state index is 12.2. The Hall–Kier alpha value is -2.90. The normalized spacial score (nSPS) is 21.3. The minimum atomic E-state index is -1.27. The molecule has 0 spiro atoms. The minimum Gasteiger partial charge on any atom is -0.480 e. The maximum absolute atomic E-state index is 12.2. The van der Waals surface area contributed by atoms with Crippen LogP contribution in [0.2, 0.25) is 0 Å². The minimum absolute atomic E-state index is 0.206. The van der Waals surface area contributed by atoms with Crippen molar-refractivity contribution in [3.05, 3.63) is 35.4 Å². The van der Waals surface area contributed by atoms with Crippen LogP contribution in [0.3, 0.4) is 0 Å². The summed E-state index contributed by atoms with van der Waals surface area (Å²) in [7, 11) is 0. The molecule has 1 aliphatic rings. The van der Waals surface area contributed by atoms with E-state index in [2.05, 4.69) is 16.0 Å². The Kier molecular flexibility index (Phi) is 4.35. The number of carboxylic acids is 1. The third-order valence-electron chi connectivity index (χ3n) is 3.76. The molecule has 2 rings (SSSR count). The topological polar surface area (TPSA) is 125 Å². The van der Waals surface area contributed by atoms with Crippen molar-refractivity contribution in [2.75, 3.05) is 0 Å². The average molecular weight is 319 g/mol. The molecule has 0 saturated carbocycles. The highest BCUT2D eigenvalue weighted by molar-refractivity contribution is 6.07. The van der Waals surface area contributed by atoms with Crippen molar-refractivity contribution >= 4 is 23.8 Å². The van der Waals surface area contributed by atoms with Crippen molar-refractivity contribution in [2.45, 2.75) is 31.8 Å². The quantitative estimate of drug-likeness (QED) is 0.582. The number of carboxylic acid groups (broad SMARTS) is 1. The zero-order valence-electron chi connectivity index (χ0n) is 12.7. The van der Waals surface area contributed by atoms with E-state index >= 15 is 0 Å². The lowest BCUT2D eigenvalue weighted by Gasteiger charge is -2.21. The first-order valence-electron chi connectivity index (χ1n) is 7.05. The van der Waals surface area contributed by atoms with Gasteiger partial charge in [-0.1, -0.05) is 19.1 Å². The van der Waals surface area contributed by atoms with Gasteiger partial charge in [0.25, 0.3) is 11.8 Å². The molecule has 1 fully saturated rings. The molecule has 4 N–H and O–H groups in total. The highest BCUT2D eigenvalue weighted by Gasteiger charge is 2.43. The fourth-order valence-corrected chi connectivity index (χ4v) is 2.30. The monoisotopic (exact) mass is 319 g/mol. The second-order valence-corrected chi connectivity index (χ2v) is 5.39. The van der Waals surface area contributed by atoms with Crippen molar-refractivity contribution in [2.24, 2.45) is 0 Å². The maximum Gasteiger partial charge on any atom is 0.326 e. The smallest absolute Gasteiger partial charge is 0.326 e. The standard InChI is InChI=1S/C15H17N3O5/c1-3-10(12(20)21)16-11(19)8-5-4-6-9(7-8)15(2)13(22)17-14(23)18-15/h4-7,10H,3H2,1-2H3,(H,16,19)(H,20,21)(H2,17,18,22,23). The summed E-state index contributed by atoms with van der Waals surface area (Å²) >= 11 is 0. The molecule has 1 aliphatic heterocycles. The van der Waals surface area contributed by atoms with Crippen LogP contribution in [0.4, 0.5) is 4.79 Å². The Bertz CT molecular complexity index is 687. The number of carbonyl (C=O) groups is 4. The molecule has 1 aromatic rings. The van der Waals surface area contributed by atoms with E-state index in [0.29, 0.717) is 5.56 Å². The van der Waals surface area contributed by atoms with Gasteiger partial charge in [-0.3, -0.25) is 14.9 Å². The SMILES string of the molecule is CCC(NC(=O)c1cccc(C2(C)NC(=O)NC2=O)c1)C(=O)O. The van der Waals surface area contributed by atoms with Crippen LogP contribution in [0, 0.1) is 0 Å². The Morgan fingerprint density at radius 2 is 2.04 bits per heavy atom. The Labute approximate surface area is 132 Å². The van der Waals surface area contributed by atoms with Gasteiger partial charge in [-0.05, 0) is 31.0 Å². The van der Waals surface area contributed by atoms with Gasteiger partial charge in [-0.15, -0.1) is 0 Å². The lowest BCUT2D eigenvalue weighted by molar-refractivity contribution is -0.139. The van der Waals surface area contributed by atoms with E-state index in [0.717, 1.165) is 0 Å². The van der Waals surface area contributed by atoms with E-state index in [1.807, 2.05) is 0 Å². The van der Waals surface area contributed by atoms with Gasteiger partial charge < -0.3 is 15.7 Å². The van der Waals surface area contributed by atoms with E-state index in [1.165, 1.54) is 19.1 Å². The second-order valence-electron chi connectivity index (χ2n) is 5.39. The molecule has 4 amide bonds. The van der Waals surface area contributed by atoms with Crippen molar-refractivity contribution in [3.63, 3.8) is 0 Å². The van der Waals surface area contributed by atoms with Crippen LogP contribution < -0.4 is 16.0 Å². The fraction of sp³-hybridized carbons (Fsp3) is 0.333. The molecular formula is C15H17N3O5. The zero-order chi connectivity index (χ0) is 17.2. The van der Waals surface area contributed by atoms with E-state index in [4.69, 9.17) is 5.11 Å². The summed E-state index contributed by atoms with van der Waals surface area (Å²) in [4.78, 5) is 46.4.